The molecule has 0 spiro atoms. The second-order valence-corrected chi connectivity index (χ2v) is 7.59. The number of methoxy groups -OCH3 is 1. The Labute approximate surface area is 174 Å². The molecule has 2 heterocycles. The van der Waals surface area contributed by atoms with Crippen molar-refractivity contribution in [1.82, 2.24) is 15.5 Å². The number of rotatable bonds is 10. The average molecular weight is 405 g/mol. The van der Waals surface area contributed by atoms with E-state index in [0.29, 0.717) is 0 Å². The summed E-state index contributed by atoms with van der Waals surface area (Å²) < 4.78 is 16.8. The zero-order valence-corrected chi connectivity index (χ0v) is 17.9. The number of likely N-dealkylation sites (tertiary alicyclic amines) is 1. The molecule has 2 N–H and O–H groups in total. The summed E-state index contributed by atoms with van der Waals surface area (Å²) in [6.45, 7) is 6.17. The van der Waals surface area contributed by atoms with Crippen LogP contribution in [0.2, 0.25) is 0 Å². The monoisotopic (exact) mass is 404 g/mol. The fourth-order valence-electron chi connectivity index (χ4n) is 4.02. The van der Waals surface area contributed by atoms with Crippen LogP contribution in [-0.2, 0) is 9.47 Å². The lowest BCUT2D eigenvalue weighted by molar-refractivity contribution is 0.0420. The Bertz CT molecular complexity index is 628. The van der Waals surface area contributed by atoms with Gasteiger partial charge in [-0.1, -0.05) is 18.2 Å². The summed E-state index contributed by atoms with van der Waals surface area (Å²) in [6.07, 6.45) is 4.74. The van der Waals surface area contributed by atoms with E-state index in [9.17, 15) is 0 Å². The second-order valence-electron chi connectivity index (χ2n) is 7.59. The van der Waals surface area contributed by atoms with Gasteiger partial charge in [-0.05, 0) is 44.8 Å². The molecule has 2 fully saturated rings. The van der Waals surface area contributed by atoms with Crippen molar-refractivity contribution >= 4 is 5.96 Å². The Morgan fingerprint density at radius 1 is 1.28 bits per heavy atom. The number of nitrogens with zero attached hydrogens (tertiary/aromatic N) is 2. The van der Waals surface area contributed by atoms with Gasteiger partial charge >= 0.3 is 0 Å². The highest BCUT2D eigenvalue weighted by Gasteiger charge is 2.26. The van der Waals surface area contributed by atoms with Gasteiger partial charge < -0.3 is 24.8 Å². The second kappa shape index (κ2) is 12.0. The minimum absolute atomic E-state index is 0.262. The molecule has 1 aromatic rings. The molecule has 0 bridgehead atoms. The normalized spacial score (nSPS) is 21.3. The van der Waals surface area contributed by atoms with E-state index in [1.165, 1.54) is 18.4 Å². The largest absolute Gasteiger partial charge is 0.496 e. The van der Waals surface area contributed by atoms with E-state index in [1.54, 1.807) is 7.11 Å². The van der Waals surface area contributed by atoms with Crippen LogP contribution in [0.15, 0.2) is 29.3 Å². The Morgan fingerprint density at radius 3 is 2.83 bits per heavy atom. The van der Waals surface area contributed by atoms with Crippen LogP contribution in [0.25, 0.3) is 0 Å². The molecule has 7 heteroatoms. The smallest absolute Gasteiger partial charge is 0.191 e. The molecule has 0 radical (unpaired) electrons. The first-order valence-electron chi connectivity index (χ1n) is 10.8. The van der Waals surface area contributed by atoms with Crippen LogP contribution < -0.4 is 15.4 Å². The molecule has 2 unspecified atom stereocenters. The molecule has 2 aliphatic heterocycles. The van der Waals surface area contributed by atoms with Crippen LogP contribution in [0, 0.1) is 0 Å². The summed E-state index contributed by atoms with van der Waals surface area (Å²) in [4.78, 5) is 6.92. The highest BCUT2D eigenvalue weighted by atomic mass is 16.5. The van der Waals surface area contributed by atoms with Crippen molar-refractivity contribution in [3.63, 3.8) is 0 Å². The molecule has 7 nitrogen and oxygen atoms in total. The highest BCUT2D eigenvalue weighted by Crippen LogP contribution is 2.31. The number of nitrogens with one attached hydrogen (secondary N) is 2. The van der Waals surface area contributed by atoms with Crippen molar-refractivity contribution in [3.8, 4) is 5.75 Å². The third-order valence-electron chi connectivity index (χ3n) is 5.62. The topological polar surface area (TPSA) is 67.4 Å². The van der Waals surface area contributed by atoms with Gasteiger partial charge in [-0.3, -0.25) is 9.89 Å². The summed E-state index contributed by atoms with van der Waals surface area (Å²) in [5.41, 5.74) is 1.23. The SMILES string of the molecule is CN=C(NCCCOC1CCOC1)NCC(c1ccccc1OC)N1CCCC1. The number of guanidine groups is 1. The molecule has 0 aromatic heterocycles. The van der Waals surface area contributed by atoms with Gasteiger partial charge in [0.1, 0.15) is 5.75 Å². The number of ether oxygens (including phenoxy) is 3. The minimum Gasteiger partial charge on any atom is -0.496 e. The Morgan fingerprint density at radius 2 is 2.10 bits per heavy atom. The van der Waals surface area contributed by atoms with E-state index in [0.717, 1.165) is 70.6 Å². The van der Waals surface area contributed by atoms with Crippen LogP contribution in [0.3, 0.4) is 0 Å². The maximum atomic E-state index is 5.82. The van der Waals surface area contributed by atoms with Gasteiger partial charge in [0, 0.05) is 38.9 Å². The maximum absolute atomic E-state index is 5.82. The summed E-state index contributed by atoms with van der Waals surface area (Å²) in [5, 5.41) is 6.91. The summed E-state index contributed by atoms with van der Waals surface area (Å²) in [7, 11) is 3.56. The first-order valence-corrected chi connectivity index (χ1v) is 10.8. The molecule has 2 aliphatic rings. The third kappa shape index (κ3) is 6.59. The molecule has 29 heavy (non-hydrogen) atoms. The molecule has 2 atom stereocenters. The first-order chi connectivity index (χ1) is 14.3. The third-order valence-corrected chi connectivity index (χ3v) is 5.62. The van der Waals surface area contributed by atoms with Gasteiger partial charge in [-0.15, -0.1) is 0 Å². The Kier molecular flexibility index (Phi) is 9.05. The average Bonchev–Trinajstić information content (AvgIpc) is 3.47. The van der Waals surface area contributed by atoms with Gasteiger partial charge in [0.15, 0.2) is 5.96 Å². The van der Waals surface area contributed by atoms with Crippen molar-refractivity contribution < 1.29 is 14.2 Å². The van der Waals surface area contributed by atoms with E-state index < -0.39 is 0 Å². The molecular formula is C22H36N4O3. The lowest BCUT2D eigenvalue weighted by Crippen LogP contribution is -2.43. The van der Waals surface area contributed by atoms with Crippen molar-refractivity contribution in [2.24, 2.45) is 4.99 Å². The van der Waals surface area contributed by atoms with Crippen molar-refractivity contribution in [2.45, 2.75) is 37.8 Å². The molecular weight excluding hydrogens is 368 g/mol. The van der Waals surface area contributed by atoms with Crippen LogP contribution in [0.1, 0.15) is 37.3 Å². The zero-order valence-electron chi connectivity index (χ0n) is 17.9. The molecule has 0 saturated carbocycles. The number of hydrogen-bond acceptors (Lipinski definition) is 5. The van der Waals surface area contributed by atoms with Crippen molar-refractivity contribution in [1.29, 1.82) is 0 Å². The number of benzene rings is 1. The van der Waals surface area contributed by atoms with Crippen LogP contribution in [0.5, 0.6) is 5.75 Å². The fourth-order valence-corrected chi connectivity index (χ4v) is 4.02. The standard InChI is InChI=1S/C22H36N4O3/c1-23-22(24-11-7-14-29-18-10-15-28-17-18)25-16-20(26-12-5-6-13-26)19-8-3-4-9-21(19)27-2/h3-4,8-9,18,20H,5-7,10-17H2,1-2H3,(H2,23,24,25). The van der Waals surface area contributed by atoms with E-state index in [4.69, 9.17) is 14.2 Å². The molecule has 0 amide bonds. The zero-order chi connectivity index (χ0) is 20.3. The van der Waals surface area contributed by atoms with Crippen LogP contribution >= 0.6 is 0 Å². The van der Waals surface area contributed by atoms with Gasteiger partial charge in [-0.25, -0.2) is 0 Å². The van der Waals surface area contributed by atoms with Gasteiger partial charge in [0.2, 0.25) is 0 Å². The molecule has 2 saturated heterocycles. The molecule has 162 valence electrons. The molecule has 1 aromatic carbocycles. The molecule has 0 aliphatic carbocycles. The summed E-state index contributed by atoms with van der Waals surface area (Å²) >= 11 is 0. The number of hydrogen-bond donors (Lipinski definition) is 2. The first kappa shape index (κ1) is 21.9. The number of para-hydroxylation sites is 1. The van der Waals surface area contributed by atoms with E-state index >= 15 is 0 Å². The quantitative estimate of drug-likeness (QED) is 0.354. The predicted octanol–water partition coefficient (Wildman–Crippen LogP) is 2.19. The minimum atomic E-state index is 0.262. The lowest BCUT2D eigenvalue weighted by Gasteiger charge is -2.30. The van der Waals surface area contributed by atoms with Crippen molar-refractivity contribution in [3.05, 3.63) is 29.8 Å². The Balaban J connectivity index is 1.48. The van der Waals surface area contributed by atoms with Gasteiger partial charge in [0.05, 0.1) is 25.9 Å². The van der Waals surface area contributed by atoms with Gasteiger partial charge in [0.25, 0.3) is 0 Å². The molecule has 3 rings (SSSR count). The van der Waals surface area contributed by atoms with E-state index in [2.05, 4.69) is 32.7 Å². The van der Waals surface area contributed by atoms with E-state index in [-0.39, 0.29) is 12.1 Å². The summed E-state index contributed by atoms with van der Waals surface area (Å²) in [5.74, 6) is 1.77. The lowest BCUT2D eigenvalue weighted by atomic mass is 10.0. The van der Waals surface area contributed by atoms with Crippen molar-refractivity contribution in [2.75, 3.05) is 60.2 Å². The Hall–Kier alpha value is -1.83. The number of aliphatic imine (C=N–C) groups is 1. The fraction of sp³-hybridized carbons (Fsp3) is 0.682. The van der Waals surface area contributed by atoms with Crippen LogP contribution in [-0.4, -0.2) is 77.1 Å². The highest BCUT2D eigenvalue weighted by molar-refractivity contribution is 5.79. The van der Waals surface area contributed by atoms with E-state index in [1.807, 2.05) is 19.2 Å². The predicted molar refractivity (Wildman–Crippen MR) is 116 cm³/mol. The van der Waals surface area contributed by atoms with Crippen LogP contribution in [0.4, 0.5) is 0 Å². The summed E-state index contributed by atoms with van der Waals surface area (Å²) in [6, 6.07) is 8.59. The maximum Gasteiger partial charge on any atom is 0.191 e. The van der Waals surface area contributed by atoms with Gasteiger partial charge in [-0.2, -0.15) is 0 Å².